The second-order valence-corrected chi connectivity index (χ2v) is 9.67. The molecular weight excluding hydrogens is 414 g/mol. The van der Waals surface area contributed by atoms with E-state index in [4.69, 9.17) is 9.72 Å². The highest BCUT2D eigenvalue weighted by atomic mass is 32.2. The van der Waals surface area contributed by atoms with Crippen molar-refractivity contribution in [2.75, 3.05) is 31.2 Å². The van der Waals surface area contributed by atoms with E-state index in [1.54, 1.807) is 23.1 Å². The van der Waals surface area contributed by atoms with Gasteiger partial charge < -0.3 is 9.64 Å². The van der Waals surface area contributed by atoms with E-state index in [0.29, 0.717) is 5.92 Å². The Balaban J connectivity index is 1.46. The van der Waals surface area contributed by atoms with Gasteiger partial charge in [0.05, 0.1) is 18.9 Å². The van der Waals surface area contributed by atoms with Crippen LogP contribution in [-0.4, -0.2) is 46.1 Å². The molecule has 0 bridgehead atoms. The minimum atomic E-state index is 0.525. The molecule has 0 N–H and O–H groups in total. The smallest absolute Gasteiger partial charge is 0.228 e. The van der Waals surface area contributed by atoms with Gasteiger partial charge in [0.2, 0.25) is 5.95 Å². The average molecular weight is 444 g/mol. The third-order valence-electron chi connectivity index (χ3n) is 5.05. The highest BCUT2D eigenvalue weighted by molar-refractivity contribution is 7.98. The number of morpholine rings is 1. The van der Waals surface area contributed by atoms with E-state index in [-0.39, 0.29) is 0 Å². The molecular formula is C22H29N5OS2. The molecule has 0 unspecified atom stereocenters. The molecule has 0 spiro atoms. The number of aromatic nitrogens is 4. The molecule has 3 aromatic rings. The van der Waals surface area contributed by atoms with Crippen molar-refractivity contribution >= 4 is 29.0 Å². The first-order valence-electron chi connectivity index (χ1n) is 10.6. The third kappa shape index (κ3) is 5.04. The predicted molar refractivity (Wildman–Crippen MR) is 124 cm³/mol. The van der Waals surface area contributed by atoms with Gasteiger partial charge in [-0.3, -0.25) is 4.57 Å². The summed E-state index contributed by atoms with van der Waals surface area (Å²) in [5.74, 6) is 2.28. The molecule has 8 heteroatoms. The second kappa shape index (κ2) is 9.94. The standard InChI is InChI=1S/C22H29N5OS2/c1-4-17-5-7-18(8-6-17)20-23-19(14-29-20)15-30-22-25-24-21(27(22)13-16(2)3)26-9-11-28-12-10-26/h5-8,14,16H,4,9-13,15H2,1-3H3. The highest BCUT2D eigenvalue weighted by Gasteiger charge is 2.21. The van der Waals surface area contributed by atoms with Crippen LogP contribution in [0.5, 0.6) is 0 Å². The van der Waals surface area contributed by atoms with Crippen LogP contribution in [0.25, 0.3) is 10.6 Å². The van der Waals surface area contributed by atoms with Crippen molar-refractivity contribution in [3.8, 4) is 10.6 Å². The molecule has 1 fully saturated rings. The Morgan fingerprint density at radius 1 is 1.13 bits per heavy atom. The van der Waals surface area contributed by atoms with E-state index in [9.17, 15) is 0 Å². The molecule has 1 aromatic carbocycles. The quantitative estimate of drug-likeness (QED) is 0.468. The van der Waals surface area contributed by atoms with Gasteiger partial charge in [-0.1, -0.05) is 56.8 Å². The van der Waals surface area contributed by atoms with Gasteiger partial charge in [-0.05, 0) is 17.9 Å². The van der Waals surface area contributed by atoms with Crippen molar-refractivity contribution in [1.82, 2.24) is 19.7 Å². The Labute approximate surface area is 186 Å². The number of hydrogen-bond acceptors (Lipinski definition) is 7. The lowest BCUT2D eigenvalue weighted by Gasteiger charge is -2.28. The molecule has 0 saturated carbocycles. The fourth-order valence-electron chi connectivity index (χ4n) is 3.44. The molecule has 2 aromatic heterocycles. The number of anilines is 1. The van der Waals surface area contributed by atoms with Gasteiger partial charge in [0, 0.05) is 36.3 Å². The molecule has 0 radical (unpaired) electrons. The molecule has 160 valence electrons. The molecule has 0 amide bonds. The average Bonchev–Trinajstić information content (AvgIpc) is 3.40. The molecule has 1 aliphatic heterocycles. The van der Waals surface area contributed by atoms with E-state index in [1.165, 1.54) is 11.1 Å². The summed E-state index contributed by atoms with van der Waals surface area (Å²) in [5.41, 5.74) is 3.63. The molecule has 1 aliphatic rings. The Morgan fingerprint density at radius 3 is 2.60 bits per heavy atom. The summed E-state index contributed by atoms with van der Waals surface area (Å²) in [5, 5.41) is 13.2. The number of thioether (sulfide) groups is 1. The van der Waals surface area contributed by atoms with E-state index < -0.39 is 0 Å². The van der Waals surface area contributed by atoms with Gasteiger partial charge in [-0.25, -0.2) is 4.98 Å². The van der Waals surface area contributed by atoms with Crippen LogP contribution < -0.4 is 4.90 Å². The number of rotatable bonds is 8. The Kier molecular flexibility index (Phi) is 7.07. The molecule has 1 saturated heterocycles. The summed E-state index contributed by atoms with van der Waals surface area (Å²) in [6, 6.07) is 8.71. The lowest BCUT2D eigenvalue weighted by Crippen LogP contribution is -2.38. The van der Waals surface area contributed by atoms with E-state index in [0.717, 1.165) is 66.8 Å². The largest absolute Gasteiger partial charge is 0.378 e. The first-order chi connectivity index (χ1) is 14.6. The summed E-state index contributed by atoms with van der Waals surface area (Å²) < 4.78 is 7.76. The van der Waals surface area contributed by atoms with Crippen molar-refractivity contribution in [2.24, 2.45) is 5.92 Å². The fourth-order valence-corrected chi connectivity index (χ4v) is 5.20. The minimum absolute atomic E-state index is 0.525. The van der Waals surface area contributed by atoms with E-state index in [2.05, 4.69) is 70.1 Å². The van der Waals surface area contributed by atoms with Crippen LogP contribution in [0.4, 0.5) is 5.95 Å². The van der Waals surface area contributed by atoms with Crippen molar-refractivity contribution < 1.29 is 4.74 Å². The number of benzene rings is 1. The first kappa shape index (κ1) is 21.3. The van der Waals surface area contributed by atoms with Gasteiger partial charge >= 0.3 is 0 Å². The Hall–Kier alpha value is -1.90. The van der Waals surface area contributed by atoms with Crippen LogP contribution >= 0.6 is 23.1 Å². The van der Waals surface area contributed by atoms with Crippen LogP contribution in [0, 0.1) is 5.92 Å². The molecule has 0 atom stereocenters. The van der Waals surface area contributed by atoms with Crippen LogP contribution in [0.15, 0.2) is 34.8 Å². The van der Waals surface area contributed by atoms with Gasteiger partial charge in [-0.2, -0.15) is 0 Å². The van der Waals surface area contributed by atoms with Crippen molar-refractivity contribution in [1.29, 1.82) is 0 Å². The Bertz CT molecular complexity index is 945. The van der Waals surface area contributed by atoms with Crippen LogP contribution in [0.3, 0.4) is 0 Å². The number of hydrogen-bond donors (Lipinski definition) is 0. The fraction of sp³-hybridized carbons (Fsp3) is 0.500. The SMILES string of the molecule is CCc1ccc(-c2nc(CSc3nnc(N4CCOCC4)n3CC(C)C)cs2)cc1. The number of thiazole rings is 1. The summed E-state index contributed by atoms with van der Waals surface area (Å²) in [6.07, 6.45) is 1.06. The maximum Gasteiger partial charge on any atom is 0.228 e. The zero-order valence-corrected chi connectivity index (χ0v) is 19.5. The van der Waals surface area contributed by atoms with E-state index in [1.807, 2.05) is 0 Å². The summed E-state index contributed by atoms with van der Waals surface area (Å²) in [4.78, 5) is 7.13. The molecule has 0 aliphatic carbocycles. The monoisotopic (exact) mass is 443 g/mol. The van der Waals surface area contributed by atoms with Crippen LogP contribution in [0.2, 0.25) is 0 Å². The van der Waals surface area contributed by atoms with Gasteiger partial charge in [0.1, 0.15) is 5.01 Å². The predicted octanol–water partition coefficient (Wildman–Crippen LogP) is 4.75. The summed E-state index contributed by atoms with van der Waals surface area (Å²) in [7, 11) is 0. The zero-order valence-electron chi connectivity index (χ0n) is 17.9. The maximum absolute atomic E-state index is 5.49. The molecule has 6 nitrogen and oxygen atoms in total. The van der Waals surface area contributed by atoms with Crippen molar-refractivity contribution in [3.05, 3.63) is 40.9 Å². The molecule has 30 heavy (non-hydrogen) atoms. The van der Waals surface area contributed by atoms with Gasteiger partial charge in [0.15, 0.2) is 5.16 Å². The zero-order chi connectivity index (χ0) is 20.9. The van der Waals surface area contributed by atoms with Crippen molar-refractivity contribution in [2.45, 2.75) is 44.6 Å². The Morgan fingerprint density at radius 2 is 1.90 bits per heavy atom. The lowest BCUT2D eigenvalue weighted by atomic mass is 10.1. The van der Waals surface area contributed by atoms with Crippen LogP contribution in [-0.2, 0) is 23.5 Å². The summed E-state index contributed by atoms with van der Waals surface area (Å²) in [6.45, 7) is 10.8. The van der Waals surface area contributed by atoms with Gasteiger partial charge in [0.25, 0.3) is 0 Å². The maximum atomic E-state index is 5.49. The molecule has 3 heterocycles. The number of nitrogens with zero attached hydrogens (tertiary/aromatic N) is 5. The molecule has 4 rings (SSSR count). The lowest BCUT2D eigenvalue weighted by molar-refractivity contribution is 0.121. The first-order valence-corrected chi connectivity index (χ1v) is 12.4. The van der Waals surface area contributed by atoms with Crippen LogP contribution in [0.1, 0.15) is 32.0 Å². The minimum Gasteiger partial charge on any atom is -0.378 e. The topological polar surface area (TPSA) is 56.1 Å². The highest BCUT2D eigenvalue weighted by Crippen LogP contribution is 2.29. The normalized spacial score (nSPS) is 14.6. The van der Waals surface area contributed by atoms with Crippen molar-refractivity contribution in [3.63, 3.8) is 0 Å². The number of ether oxygens (including phenoxy) is 1. The van der Waals surface area contributed by atoms with Gasteiger partial charge in [-0.15, -0.1) is 21.5 Å². The van der Waals surface area contributed by atoms with E-state index >= 15 is 0 Å². The number of aryl methyl sites for hydroxylation is 1. The summed E-state index contributed by atoms with van der Waals surface area (Å²) >= 11 is 3.42. The third-order valence-corrected chi connectivity index (χ3v) is 6.99. The second-order valence-electron chi connectivity index (χ2n) is 7.87.